The lowest BCUT2D eigenvalue weighted by atomic mass is 9.99. The van der Waals surface area contributed by atoms with Crippen molar-refractivity contribution in [2.45, 2.75) is 26.1 Å². The molecule has 0 bridgehead atoms. The van der Waals surface area contributed by atoms with Crippen molar-refractivity contribution in [1.82, 2.24) is 0 Å². The van der Waals surface area contributed by atoms with Crippen LogP contribution in [0.15, 0.2) is 65.2 Å². The Morgan fingerprint density at radius 3 is 2.38 bits per heavy atom. The highest BCUT2D eigenvalue weighted by Crippen LogP contribution is 2.60. The van der Waals surface area contributed by atoms with Crippen molar-refractivity contribution in [3.8, 4) is 6.07 Å². The van der Waals surface area contributed by atoms with Gasteiger partial charge in [0.05, 0.1) is 5.92 Å². The predicted octanol–water partition coefficient (Wildman–Crippen LogP) is 6.44. The fourth-order valence-electron chi connectivity index (χ4n) is 3.63. The Balaban J connectivity index is 1.77. The second kappa shape index (κ2) is 8.57. The molecule has 0 heterocycles. The smallest absolute Gasteiger partial charge is 0.311 e. The highest BCUT2D eigenvalue weighted by atomic mass is 35.5. The zero-order valence-electron chi connectivity index (χ0n) is 16.0. The summed E-state index contributed by atoms with van der Waals surface area (Å²) in [7, 11) is 0. The number of nitrogens with zero attached hydrogens (tertiary/aromatic N) is 1. The number of benzene rings is 2. The molecular formula is C23H20Cl2FNO2. The quantitative estimate of drug-likeness (QED) is 0.494. The molecule has 2 aromatic rings. The summed E-state index contributed by atoms with van der Waals surface area (Å²) >= 11 is 11.4. The van der Waals surface area contributed by atoms with E-state index in [4.69, 9.17) is 27.9 Å². The van der Waals surface area contributed by atoms with E-state index in [0.29, 0.717) is 16.7 Å². The maximum absolute atomic E-state index is 14.9. The molecule has 2 aromatic carbocycles. The Hall–Kier alpha value is -2.35. The van der Waals surface area contributed by atoms with Crippen LogP contribution in [0.25, 0.3) is 0 Å². The fourth-order valence-corrected chi connectivity index (χ4v) is 3.90. The number of alkyl halides is 1. The number of carbonyl (C=O) groups excluding carboxylic acids is 1. The predicted molar refractivity (Wildman–Crippen MR) is 111 cm³/mol. The molecular weight excluding hydrogens is 412 g/mol. The lowest BCUT2D eigenvalue weighted by Gasteiger charge is -2.15. The number of carbonyl (C=O) groups is 1. The maximum atomic E-state index is 14.9. The Morgan fingerprint density at radius 2 is 1.76 bits per heavy atom. The minimum absolute atomic E-state index is 0.0952. The van der Waals surface area contributed by atoms with Gasteiger partial charge in [0.2, 0.25) is 6.10 Å². The van der Waals surface area contributed by atoms with Gasteiger partial charge in [0.1, 0.15) is 10.6 Å². The number of halogens is 3. The molecule has 0 saturated heterocycles. The van der Waals surface area contributed by atoms with Crippen molar-refractivity contribution in [1.29, 1.82) is 5.26 Å². The third-order valence-electron chi connectivity index (χ3n) is 5.42. The van der Waals surface area contributed by atoms with Gasteiger partial charge in [0.25, 0.3) is 0 Å². The number of hydrogen-bond donors (Lipinski definition) is 0. The number of esters is 1. The maximum Gasteiger partial charge on any atom is 0.311 e. The first kappa shape index (κ1) is 21.4. The fraction of sp³-hybridized carbons (Fsp3) is 0.304. The summed E-state index contributed by atoms with van der Waals surface area (Å²) in [4.78, 5) is 12.6. The third kappa shape index (κ3) is 4.63. The van der Waals surface area contributed by atoms with Gasteiger partial charge in [-0.05, 0) is 34.6 Å². The average Bonchev–Trinajstić information content (AvgIpc) is 3.25. The Morgan fingerprint density at radius 1 is 1.14 bits per heavy atom. The monoisotopic (exact) mass is 431 g/mol. The van der Waals surface area contributed by atoms with E-state index in [0.717, 1.165) is 0 Å². The van der Waals surface area contributed by atoms with E-state index in [-0.39, 0.29) is 15.8 Å². The molecule has 4 atom stereocenters. The summed E-state index contributed by atoms with van der Waals surface area (Å²) in [5.41, 5.74) is 0.984. The zero-order chi connectivity index (χ0) is 21.2. The van der Waals surface area contributed by atoms with Crippen LogP contribution in [0.4, 0.5) is 4.39 Å². The van der Waals surface area contributed by atoms with Crippen molar-refractivity contribution < 1.29 is 13.9 Å². The molecule has 29 heavy (non-hydrogen) atoms. The van der Waals surface area contributed by atoms with Gasteiger partial charge in [-0.2, -0.15) is 5.26 Å². The van der Waals surface area contributed by atoms with Gasteiger partial charge in [0, 0.05) is 5.56 Å². The van der Waals surface area contributed by atoms with Crippen LogP contribution < -0.4 is 0 Å². The molecule has 3 rings (SSSR count). The minimum atomic E-state index is -1.34. The van der Waals surface area contributed by atoms with Gasteiger partial charge < -0.3 is 4.74 Å². The summed E-state index contributed by atoms with van der Waals surface area (Å²) in [5.74, 6) is -1.09. The second-order valence-electron chi connectivity index (χ2n) is 7.67. The van der Waals surface area contributed by atoms with Gasteiger partial charge in [0.15, 0.2) is 6.17 Å². The molecule has 1 aliphatic rings. The average molecular weight is 432 g/mol. The van der Waals surface area contributed by atoms with E-state index < -0.39 is 24.2 Å². The second-order valence-corrected chi connectivity index (χ2v) is 8.68. The van der Waals surface area contributed by atoms with Crippen molar-refractivity contribution >= 4 is 29.2 Å². The van der Waals surface area contributed by atoms with Gasteiger partial charge in [-0.1, -0.05) is 85.6 Å². The molecule has 0 amide bonds. The topological polar surface area (TPSA) is 50.1 Å². The molecule has 150 valence electrons. The zero-order valence-corrected chi connectivity index (χ0v) is 17.5. The van der Waals surface area contributed by atoms with Gasteiger partial charge in [-0.25, -0.2) is 4.39 Å². The standard InChI is InChI=1S/C23H20Cl2FNO2/c1-23(2)17(12-19(24)25)20(23)22(28)29-18(13-27)15-9-6-10-16(11-15)21(26)14-7-4-3-5-8-14/h3-12,17-18,20-21H,1-2H3. The summed E-state index contributed by atoms with van der Waals surface area (Å²) in [6.07, 6.45) is -0.850. The largest absolute Gasteiger partial charge is 0.442 e. The van der Waals surface area contributed by atoms with Crippen LogP contribution >= 0.6 is 23.2 Å². The SMILES string of the molecule is CC1(C)C(C=C(Cl)Cl)C1C(=O)OC(C#N)c1cccc(C(F)c2ccccc2)c1. The molecule has 1 saturated carbocycles. The number of hydrogen-bond acceptors (Lipinski definition) is 3. The highest BCUT2D eigenvalue weighted by molar-refractivity contribution is 6.55. The van der Waals surface area contributed by atoms with Crippen molar-refractivity contribution in [3.63, 3.8) is 0 Å². The molecule has 0 radical (unpaired) electrons. The van der Waals surface area contributed by atoms with Crippen LogP contribution in [-0.4, -0.2) is 5.97 Å². The molecule has 0 aromatic heterocycles. The van der Waals surface area contributed by atoms with Crippen LogP contribution in [0.1, 0.15) is 42.8 Å². The molecule has 6 heteroatoms. The number of nitriles is 1. The number of ether oxygens (including phenoxy) is 1. The summed E-state index contributed by atoms with van der Waals surface area (Å²) in [5, 5.41) is 9.54. The van der Waals surface area contributed by atoms with E-state index in [9.17, 15) is 14.4 Å². The number of rotatable bonds is 6. The molecule has 1 fully saturated rings. The van der Waals surface area contributed by atoms with E-state index in [1.807, 2.05) is 26.0 Å². The first-order valence-electron chi connectivity index (χ1n) is 9.17. The van der Waals surface area contributed by atoms with Gasteiger partial charge in [-0.3, -0.25) is 4.79 Å². The van der Waals surface area contributed by atoms with E-state index >= 15 is 0 Å². The molecule has 3 nitrogen and oxygen atoms in total. The van der Waals surface area contributed by atoms with Gasteiger partial charge >= 0.3 is 5.97 Å². The highest BCUT2D eigenvalue weighted by Gasteiger charge is 2.62. The van der Waals surface area contributed by atoms with Crippen LogP contribution in [0.3, 0.4) is 0 Å². The third-order valence-corrected chi connectivity index (χ3v) is 5.67. The lowest BCUT2D eigenvalue weighted by molar-refractivity contribution is -0.149. The minimum Gasteiger partial charge on any atom is -0.442 e. The summed E-state index contributed by atoms with van der Waals surface area (Å²) < 4.78 is 20.4. The van der Waals surface area contributed by atoms with Gasteiger partial charge in [-0.15, -0.1) is 0 Å². The molecule has 4 unspecified atom stereocenters. The first-order chi connectivity index (χ1) is 13.8. The van der Waals surface area contributed by atoms with Crippen LogP contribution in [-0.2, 0) is 9.53 Å². The van der Waals surface area contributed by atoms with Crippen molar-refractivity contribution in [2.24, 2.45) is 17.3 Å². The Bertz CT molecular complexity index is 964. The Kier molecular flexibility index (Phi) is 6.31. The molecule has 1 aliphatic carbocycles. The van der Waals surface area contributed by atoms with E-state index in [1.54, 1.807) is 54.6 Å². The van der Waals surface area contributed by atoms with Crippen LogP contribution in [0.5, 0.6) is 0 Å². The summed E-state index contributed by atoms with van der Waals surface area (Å²) in [6.45, 7) is 3.82. The van der Waals surface area contributed by atoms with Crippen molar-refractivity contribution in [2.75, 3.05) is 0 Å². The van der Waals surface area contributed by atoms with E-state index in [1.165, 1.54) is 0 Å². The molecule has 0 aliphatic heterocycles. The van der Waals surface area contributed by atoms with Crippen molar-refractivity contribution in [3.05, 3.63) is 81.9 Å². The number of allylic oxidation sites excluding steroid dienone is 1. The summed E-state index contributed by atoms with van der Waals surface area (Å²) in [6, 6.07) is 17.2. The van der Waals surface area contributed by atoms with Crippen LogP contribution in [0, 0.1) is 28.6 Å². The Labute approximate surface area is 179 Å². The molecule has 0 N–H and O–H groups in total. The molecule has 0 spiro atoms. The van der Waals surface area contributed by atoms with E-state index in [2.05, 4.69) is 0 Å². The van der Waals surface area contributed by atoms with Crippen LogP contribution in [0.2, 0.25) is 0 Å². The first-order valence-corrected chi connectivity index (χ1v) is 9.93. The normalized spacial score (nSPS) is 21.4. The lowest BCUT2D eigenvalue weighted by Crippen LogP contribution is -2.14.